The standard InChI is InChI=1S/C25H31NO4S/c1-25(2)16-11-15(7-5-3-4-6-8-22(28)29)23(20(25)12-16)26-24(30)19-14-31-21-10-9-17(27)13-18(19)21/h3,5,9-10,13-16,20,23,27H,4,6-8,11-12H2,1-2H3,(H,26,30)(H,28,29)/t15-,16+,20+,23+/m1/s1. The first-order valence-electron chi connectivity index (χ1n) is 11.1. The van der Waals surface area contributed by atoms with Gasteiger partial charge in [0.15, 0.2) is 0 Å². The van der Waals surface area contributed by atoms with Gasteiger partial charge >= 0.3 is 5.97 Å². The van der Waals surface area contributed by atoms with E-state index in [9.17, 15) is 14.7 Å². The van der Waals surface area contributed by atoms with Gasteiger partial charge in [0.1, 0.15) is 5.75 Å². The van der Waals surface area contributed by atoms with E-state index >= 15 is 0 Å². The molecule has 2 bridgehead atoms. The second-order valence-electron chi connectivity index (χ2n) is 9.68. The van der Waals surface area contributed by atoms with Crippen molar-refractivity contribution in [2.24, 2.45) is 23.2 Å². The molecule has 4 atom stereocenters. The number of carboxylic acids is 1. The van der Waals surface area contributed by atoms with Gasteiger partial charge in [-0.25, -0.2) is 0 Å². The minimum atomic E-state index is -0.750. The van der Waals surface area contributed by atoms with Crippen molar-refractivity contribution in [1.82, 2.24) is 5.32 Å². The van der Waals surface area contributed by atoms with Crippen molar-refractivity contribution < 1.29 is 19.8 Å². The van der Waals surface area contributed by atoms with Gasteiger partial charge in [-0.1, -0.05) is 26.0 Å². The molecule has 0 radical (unpaired) electrons. The molecule has 0 saturated heterocycles. The molecule has 3 aliphatic carbocycles. The molecule has 1 heterocycles. The number of carbonyl (C=O) groups excluding carboxylic acids is 1. The lowest BCUT2D eigenvalue weighted by molar-refractivity contribution is -0.137. The number of carbonyl (C=O) groups is 2. The van der Waals surface area contributed by atoms with Crippen LogP contribution in [0.3, 0.4) is 0 Å². The highest BCUT2D eigenvalue weighted by molar-refractivity contribution is 7.17. The number of fused-ring (bicyclic) bond motifs is 3. The molecule has 0 aliphatic heterocycles. The summed E-state index contributed by atoms with van der Waals surface area (Å²) in [5.41, 5.74) is 0.882. The number of aromatic hydroxyl groups is 1. The molecule has 1 amide bonds. The third-order valence-electron chi connectivity index (χ3n) is 7.54. The number of rotatable bonds is 8. The summed E-state index contributed by atoms with van der Waals surface area (Å²) in [5, 5.41) is 24.7. The van der Waals surface area contributed by atoms with E-state index in [0.717, 1.165) is 29.3 Å². The minimum absolute atomic E-state index is 0.0570. The van der Waals surface area contributed by atoms with E-state index in [1.54, 1.807) is 12.1 Å². The molecular weight excluding hydrogens is 410 g/mol. The molecule has 3 saturated carbocycles. The number of carboxylic acid groups (broad SMARTS) is 1. The van der Waals surface area contributed by atoms with Gasteiger partial charge in [0.2, 0.25) is 0 Å². The maximum absolute atomic E-state index is 13.2. The third-order valence-corrected chi connectivity index (χ3v) is 8.50. The van der Waals surface area contributed by atoms with Crippen molar-refractivity contribution in [3.8, 4) is 5.75 Å². The highest BCUT2D eigenvalue weighted by Gasteiger charge is 2.57. The smallest absolute Gasteiger partial charge is 0.303 e. The van der Waals surface area contributed by atoms with Gasteiger partial charge < -0.3 is 15.5 Å². The van der Waals surface area contributed by atoms with E-state index in [1.807, 2.05) is 11.4 Å². The van der Waals surface area contributed by atoms with Crippen LogP contribution in [0.2, 0.25) is 0 Å². The van der Waals surface area contributed by atoms with Crippen molar-refractivity contribution in [2.45, 2.75) is 58.4 Å². The van der Waals surface area contributed by atoms with Crippen LogP contribution in [0.25, 0.3) is 10.1 Å². The maximum Gasteiger partial charge on any atom is 0.303 e. The molecular formula is C25H31NO4S. The quantitative estimate of drug-likeness (QED) is 0.368. The fourth-order valence-corrected chi connectivity index (χ4v) is 6.47. The van der Waals surface area contributed by atoms with Gasteiger partial charge in [-0.3, -0.25) is 9.59 Å². The second-order valence-corrected chi connectivity index (χ2v) is 10.6. The van der Waals surface area contributed by atoms with Crippen LogP contribution in [0.15, 0.2) is 35.7 Å². The number of hydrogen-bond donors (Lipinski definition) is 3. The van der Waals surface area contributed by atoms with Gasteiger partial charge in [-0.2, -0.15) is 0 Å². The number of benzene rings is 1. The Morgan fingerprint density at radius 2 is 2.06 bits per heavy atom. The number of phenolic OH excluding ortho intramolecular Hbond substituents is 1. The molecule has 1 aromatic carbocycles. The summed E-state index contributed by atoms with van der Waals surface area (Å²) in [6.45, 7) is 4.64. The molecule has 2 aromatic rings. The summed E-state index contributed by atoms with van der Waals surface area (Å²) in [4.78, 5) is 23.9. The van der Waals surface area contributed by atoms with Gasteiger partial charge in [-0.05, 0) is 73.5 Å². The number of unbranched alkanes of at least 4 members (excludes halogenated alkanes) is 1. The fourth-order valence-electron chi connectivity index (χ4n) is 5.55. The SMILES string of the molecule is CC1(C)[C@H]2C[C@@H](CC=CCCCC(=O)O)[C@H](NC(=O)c3csc4ccc(O)cc34)[C@@H]1C2. The summed E-state index contributed by atoms with van der Waals surface area (Å²) < 4.78 is 0.997. The number of nitrogens with one attached hydrogen (secondary N) is 1. The number of aliphatic carboxylic acids is 1. The van der Waals surface area contributed by atoms with Gasteiger partial charge in [-0.15, -0.1) is 11.3 Å². The summed E-state index contributed by atoms with van der Waals surface area (Å²) >= 11 is 1.52. The zero-order chi connectivity index (χ0) is 22.2. The van der Waals surface area contributed by atoms with Crippen LogP contribution < -0.4 is 5.32 Å². The van der Waals surface area contributed by atoms with E-state index in [-0.39, 0.29) is 29.5 Å². The van der Waals surface area contributed by atoms with Gasteiger partial charge in [0, 0.05) is 27.9 Å². The number of hydrogen-bond acceptors (Lipinski definition) is 4. The second kappa shape index (κ2) is 8.65. The summed E-state index contributed by atoms with van der Waals surface area (Å²) in [6, 6.07) is 5.30. The lowest BCUT2D eigenvalue weighted by Gasteiger charge is -2.62. The van der Waals surface area contributed by atoms with E-state index in [2.05, 4.69) is 31.3 Å². The van der Waals surface area contributed by atoms with E-state index in [4.69, 9.17) is 5.11 Å². The topological polar surface area (TPSA) is 86.6 Å². The summed E-state index contributed by atoms with van der Waals surface area (Å²) in [6.07, 6.45) is 9.08. The molecule has 166 valence electrons. The highest BCUT2D eigenvalue weighted by Crippen LogP contribution is 2.61. The van der Waals surface area contributed by atoms with Gasteiger partial charge in [0.25, 0.3) is 5.91 Å². The molecule has 5 nitrogen and oxygen atoms in total. The number of allylic oxidation sites excluding steroid dienone is 2. The lowest BCUT2D eigenvalue weighted by Crippen LogP contribution is -2.63. The predicted molar refractivity (Wildman–Crippen MR) is 123 cm³/mol. The Morgan fingerprint density at radius 1 is 1.26 bits per heavy atom. The summed E-state index contributed by atoms with van der Waals surface area (Å²) in [5.74, 6) is 0.939. The monoisotopic (exact) mass is 441 g/mol. The average molecular weight is 442 g/mol. The Hall–Kier alpha value is -2.34. The first kappa shape index (κ1) is 21.9. The molecule has 3 fully saturated rings. The predicted octanol–water partition coefficient (Wildman–Crippen LogP) is 5.59. The van der Waals surface area contributed by atoms with Crippen molar-refractivity contribution >= 4 is 33.3 Å². The molecule has 1 aromatic heterocycles. The fraction of sp³-hybridized carbons (Fsp3) is 0.520. The van der Waals surface area contributed by atoms with Crippen LogP contribution in [0.5, 0.6) is 5.75 Å². The molecule has 3 N–H and O–H groups in total. The van der Waals surface area contributed by atoms with Crippen LogP contribution >= 0.6 is 11.3 Å². The van der Waals surface area contributed by atoms with Crippen LogP contribution in [0.1, 0.15) is 62.7 Å². The first-order chi connectivity index (χ1) is 14.8. The van der Waals surface area contributed by atoms with Crippen molar-refractivity contribution in [2.75, 3.05) is 0 Å². The number of phenols is 1. The Bertz CT molecular complexity index is 1010. The molecule has 6 heteroatoms. The molecule has 0 spiro atoms. The number of thiophene rings is 1. The van der Waals surface area contributed by atoms with Crippen LogP contribution in [0.4, 0.5) is 0 Å². The van der Waals surface area contributed by atoms with Gasteiger partial charge in [0.05, 0.1) is 5.56 Å². The molecule has 0 unspecified atom stereocenters. The minimum Gasteiger partial charge on any atom is -0.508 e. The van der Waals surface area contributed by atoms with Crippen molar-refractivity contribution in [3.63, 3.8) is 0 Å². The molecule has 31 heavy (non-hydrogen) atoms. The molecule has 3 aliphatic rings. The van der Waals surface area contributed by atoms with E-state index < -0.39 is 5.97 Å². The maximum atomic E-state index is 13.2. The van der Waals surface area contributed by atoms with Crippen LogP contribution in [0, 0.1) is 23.2 Å². The number of amides is 1. The average Bonchev–Trinajstić information content (AvgIpc) is 3.13. The zero-order valence-electron chi connectivity index (χ0n) is 18.1. The summed E-state index contributed by atoms with van der Waals surface area (Å²) in [7, 11) is 0. The van der Waals surface area contributed by atoms with Crippen molar-refractivity contribution in [3.05, 3.63) is 41.3 Å². The van der Waals surface area contributed by atoms with Crippen molar-refractivity contribution in [1.29, 1.82) is 0 Å². The Labute approximate surface area is 187 Å². The van der Waals surface area contributed by atoms with Crippen LogP contribution in [-0.2, 0) is 4.79 Å². The van der Waals surface area contributed by atoms with E-state index in [1.165, 1.54) is 17.8 Å². The highest BCUT2D eigenvalue weighted by atomic mass is 32.1. The first-order valence-corrected chi connectivity index (χ1v) is 12.0. The third kappa shape index (κ3) is 4.36. The zero-order valence-corrected chi connectivity index (χ0v) is 19.0. The van der Waals surface area contributed by atoms with Crippen LogP contribution in [-0.4, -0.2) is 28.1 Å². The normalized spacial score (nSPS) is 26.6. The largest absolute Gasteiger partial charge is 0.508 e. The Kier molecular flexibility index (Phi) is 6.11. The van der Waals surface area contributed by atoms with E-state index in [0.29, 0.717) is 29.7 Å². The Morgan fingerprint density at radius 3 is 2.81 bits per heavy atom. The lowest BCUT2D eigenvalue weighted by atomic mass is 9.44. The molecule has 5 rings (SSSR count). The Balaban J connectivity index is 1.46.